The fourth-order valence-electron chi connectivity index (χ4n) is 2.44. The molecule has 8 heteroatoms. The molecule has 2 aromatic carbocycles. The Morgan fingerprint density at radius 2 is 1.81 bits per heavy atom. The number of aromatic nitrogens is 2. The Kier molecular flexibility index (Phi) is 5.16. The van der Waals surface area contributed by atoms with Gasteiger partial charge in [-0.3, -0.25) is 4.79 Å². The van der Waals surface area contributed by atoms with Crippen LogP contribution in [0.25, 0.3) is 0 Å². The van der Waals surface area contributed by atoms with E-state index in [1.807, 2.05) is 6.92 Å². The first kappa shape index (κ1) is 18.5. The molecule has 1 aromatic heterocycles. The molecule has 140 valence electrons. The van der Waals surface area contributed by atoms with Crippen molar-refractivity contribution in [1.82, 2.24) is 9.55 Å². The van der Waals surface area contributed by atoms with Crippen LogP contribution in [0.15, 0.2) is 65.7 Å². The highest BCUT2D eigenvalue weighted by molar-refractivity contribution is 5.56. The van der Waals surface area contributed by atoms with Crippen molar-refractivity contribution in [2.45, 2.75) is 19.6 Å². The van der Waals surface area contributed by atoms with Crippen LogP contribution in [-0.2, 0) is 12.7 Å². The lowest BCUT2D eigenvalue weighted by molar-refractivity contribution is -0.138. The molecule has 0 unspecified atom stereocenters. The van der Waals surface area contributed by atoms with Gasteiger partial charge in [0, 0.05) is 24.6 Å². The van der Waals surface area contributed by atoms with Crippen molar-refractivity contribution in [3.05, 3.63) is 76.8 Å². The van der Waals surface area contributed by atoms with Gasteiger partial charge in [0.15, 0.2) is 5.82 Å². The van der Waals surface area contributed by atoms with E-state index in [9.17, 15) is 18.0 Å². The number of hydrogen-bond acceptors (Lipinski definition) is 4. The molecule has 0 aliphatic heterocycles. The lowest BCUT2D eigenvalue weighted by atomic mass is 10.2. The van der Waals surface area contributed by atoms with E-state index >= 15 is 0 Å². The van der Waals surface area contributed by atoms with Crippen molar-refractivity contribution < 1.29 is 17.9 Å². The standard InChI is InChI=1S/C19H16F3N3O2/c1-2-25-12-11-23-17(18(25)26)24-13-7-9-14(10-8-13)27-16-6-4-3-5-15(16)19(20,21)22/h3-12H,2H2,1H3,(H,23,24). The molecule has 0 amide bonds. The summed E-state index contributed by atoms with van der Waals surface area (Å²) in [6.45, 7) is 2.36. The molecule has 0 fully saturated rings. The third kappa shape index (κ3) is 4.28. The quantitative estimate of drug-likeness (QED) is 0.695. The zero-order chi connectivity index (χ0) is 19.4. The SMILES string of the molecule is CCn1ccnc(Nc2ccc(Oc3ccccc3C(F)(F)F)cc2)c1=O. The second-order valence-electron chi connectivity index (χ2n) is 5.61. The summed E-state index contributed by atoms with van der Waals surface area (Å²) in [5.41, 5.74) is -0.551. The van der Waals surface area contributed by atoms with Gasteiger partial charge in [0.1, 0.15) is 11.5 Å². The van der Waals surface area contributed by atoms with Gasteiger partial charge in [-0.25, -0.2) is 4.98 Å². The minimum absolute atomic E-state index is 0.162. The van der Waals surface area contributed by atoms with Crippen LogP contribution in [0, 0.1) is 0 Å². The van der Waals surface area contributed by atoms with E-state index in [-0.39, 0.29) is 22.9 Å². The topological polar surface area (TPSA) is 56.1 Å². The monoisotopic (exact) mass is 375 g/mol. The highest BCUT2D eigenvalue weighted by Gasteiger charge is 2.34. The van der Waals surface area contributed by atoms with Crippen LogP contribution in [-0.4, -0.2) is 9.55 Å². The van der Waals surface area contributed by atoms with E-state index < -0.39 is 11.7 Å². The van der Waals surface area contributed by atoms with Crippen LogP contribution in [0.2, 0.25) is 0 Å². The first-order valence-corrected chi connectivity index (χ1v) is 8.15. The van der Waals surface area contributed by atoms with Gasteiger partial charge in [0.25, 0.3) is 5.56 Å². The Labute approximate surface area is 153 Å². The van der Waals surface area contributed by atoms with E-state index in [1.54, 1.807) is 18.3 Å². The molecule has 0 aliphatic rings. The maximum absolute atomic E-state index is 13.0. The van der Waals surface area contributed by atoms with Crippen molar-refractivity contribution >= 4 is 11.5 Å². The second kappa shape index (κ2) is 7.53. The van der Waals surface area contributed by atoms with Crippen molar-refractivity contribution in [2.75, 3.05) is 5.32 Å². The zero-order valence-corrected chi connectivity index (χ0v) is 14.3. The van der Waals surface area contributed by atoms with E-state index in [2.05, 4.69) is 10.3 Å². The minimum atomic E-state index is -4.50. The Hall–Kier alpha value is -3.29. The van der Waals surface area contributed by atoms with Crippen LogP contribution in [0.4, 0.5) is 24.7 Å². The maximum atomic E-state index is 13.0. The molecule has 0 atom stereocenters. The normalized spacial score (nSPS) is 11.3. The summed E-state index contributed by atoms with van der Waals surface area (Å²) in [7, 11) is 0. The molecule has 0 aliphatic carbocycles. The van der Waals surface area contributed by atoms with Crippen LogP contribution >= 0.6 is 0 Å². The van der Waals surface area contributed by atoms with Gasteiger partial charge in [-0.05, 0) is 43.3 Å². The Balaban J connectivity index is 1.78. The molecule has 0 radical (unpaired) electrons. The number of nitrogens with zero attached hydrogens (tertiary/aromatic N) is 2. The molecule has 0 bridgehead atoms. The number of hydrogen-bond donors (Lipinski definition) is 1. The Morgan fingerprint density at radius 1 is 1.11 bits per heavy atom. The van der Waals surface area contributed by atoms with Crippen LogP contribution < -0.4 is 15.6 Å². The number of halogens is 3. The number of benzene rings is 2. The molecule has 0 spiro atoms. The van der Waals surface area contributed by atoms with Crippen molar-refractivity contribution in [1.29, 1.82) is 0 Å². The average Bonchev–Trinajstić information content (AvgIpc) is 2.64. The third-order valence-electron chi connectivity index (χ3n) is 3.79. The molecule has 1 heterocycles. The fourth-order valence-corrected chi connectivity index (χ4v) is 2.44. The maximum Gasteiger partial charge on any atom is 0.419 e. The van der Waals surface area contributed by atoms with Crippen molar-refractivity contribution in [2.24, 2.45) is 0 Å². The minimum Gasteiger partial charge on any atom is -0.457 e. The second-order valence-corrected chi connectivity index (χ2v) is 5.61. The molecule has 3 rings (SSSR count). The lowest BCUT2D eigenvalue weighted by Crippen LogP contribution is -2.22. The van der Waals surface area contributed by atoms with E-state index in [1.165, 1.54) is 41.1 Å². The molecular formula is C19H16F3N3O2. The third-order valence-corrected chi connectivity index (χ3v) is 3.79. The Bertz CT molecular complexity index is 982. The van der Waals surface area contributed by atoms with Gasteiger partial charge in [0.05, 0.1) is 5.56 Å². The lowest BCUT2D eigenvalue weighted by Gasteiger charge is -2.14. The number of anilines is 2. The summed E-state index contributed by atoms with van der Waals surface area (Å²) < 4.78 is 46.0. The number of ether oxygens (including phenoxy) is 1. The number of aryl methyl sites for hydroxylation is 1. The van der Waals surface area contributed by atoms with Gasteiger partial charge >= 0.3 is 6.18 Å². The van der Waals surface area contributed by atoms with Gasteiger partial charge in [-0.1, -0.05) is 12.1 Å². The fraction of sp³-hybridized carbons (Fsp3) is 0.158. The molecule has 27 heavy (non-hydrogen) atoms. The van der Waals surface area contributed by atoms with Gasteiger partial charge in [-0.15, -0.1) is 0 Å². The van der Waals surface area contributed by atoms with Crippen LogP contribution in [0.5, 0.6) is 11.5 Å². The highest BCUT2D eigenvalue weighted by Crippen LogP contribution is 2.38. The summed E-state index contributed by atoms with van der Waals surface area (Å²) >= 11 is 0. The molecule has 1 N–H and O–H groups in total. The Morgan fingerprint density at radius 3 is 2.48 bits per heavy atom. The molecule has 0 saturated carbocycles. The molecule has 3 aromatic rings. The van der Waals surface area contributed by atoms with Gasteiger partial charge in [-0.2, -0.15) is 13.2 Å². The number of alkyl halides is 3. The van der Waals surface area contributed by atoms with Crippen molar-refractivity contribution in [3.8, 4) is 11.5 Å². The summed E-state index contributed by atoms with van der Waals surface area (Å²) in [5, 5.41) is 2.89. The predicted octanol–water partition coefficient (Wildman–Crippen LogP) is 4.82. The summed E-state index contributed by atoms with van der Waals surface area (Å²) in [6, 6.07) is 11.2. The predicted molar refractivity (Wildman–Crippen MR) is 95.4 cm³/mol. The van der Waals surface area contributed by atoms with Gasteiger partial charge in [0.2, 0.25) is 0 Å². The number of nitrogens with one attached hydrogen (secondary N) is 1. The first-order valence-electron chi connectivity index (χ1n) is 8.15. The number of para-hydroxylation sites is 1. The van der Waals surface area contributed by atoms with E-state index in [0.29, 0.717) is 12.2 Å². The van der Waals surface area contributed by atoms with Gasteiger partial charge < -0.3 is 14.6 Å². The van der Waals surface area contributed by atoms with Crippen LogP contribution in [0.1, 0.15) is 12.5 Å². The zero-order valence-electron chi connectivity index (χ0n) is 14.3. The molecule has 0 saturated heterocycles. The van der Waals surface area contributed by atoms with E-state index in [4.69, 9.17) is 4.74 Å². The first-order chi connectivity index (χ1) is 12.9. The summed E-state index contributed by atoms with van der Waals surface area (Å²) in [6.07, 6.45) is -1.41. The largest absolute Gasteiger partial charge is 0.457 e. The smallest absolute Gasteiger partial charge is 0.419 e. The molecular weight excluding hydrogens is 359 g/mol. The van der Waals surface area contributed by atoms with Crippen molar-refractivity contribution in [3.63, 3.8) is 0 Å². The highest BCUT2D eigenvalue weighted by atomic mass is 19.4. The summed E-state index contributed by atoms with van der Waals surface area (Å²) in [5.74, 6) is 0.126. The summed E-state index contributed by atoms with van der Waals surface area (Å²) in [4.78, 5) is 16.2. The van der Waals surface area contributed by atoms with E-state index in [0.717, 1.165) is 6.07 Å². The van der Waals surface area contributed by atoms with Crippen LogP contribution in [0.3, 0.4) is 0 Å². The molecule has 5 nitrogen and oxygen atoms in total. The number of rotatable bonds is 5. The average molecular weight is 375 g/mol.